The SMILES string of the molecule is CCOc1nc2c(cc1Cc1cccc(Cl)c1F)c(=O)c(C)cn2[C@H](CO)C(C)(C)C. The van der Waals surface area contributed by atoms with E-state index in [9.17, 15) is 14.3 Å². The predicted molar refractivity (Wildman–Crippen MR) is 122 cm³/mol. The molecule has 31 heavy (non-hydrogen) atoms. The number of aliphatic hydroxyl groups is 1. The van der Waals surface area contributed by atoms with Crippen LogP contribution in [-0.4, -0.2) is 27.9 Å². The summed E-state index contributed by atoms with van der Waals surface area (Å²) < 4.78 is 22.1. The van der Waals surface area contributed by atoms with Crippen molar-refractivity contribution in [3.8, 4) is 5.88 Å². The van der Waals surface area contributed by atoms with Gasteiger partial charge in [0.1, 0.15) is 11.5 Å². The average Bonchev–Trinajstić information content (AvgIpc) is 2.69. The molecule has 3 rings (SSSR count). The van der Waals surface area contributed by atoms with E-state index in [1.165, 1.54) is 6.07 Å². The van der Waals surface area contributed by atoms with Gasteiger partial charge in [-0.05, 0) is 37.0 Å². The molecule has 2 aromatic heterocycles. The third-order valence-corrected chi connectivity index (χ3v) is 5.72. The Kier molecular flexibility index (Phi) is 6.72. The Morgan fingerprint density at radius 2 is 2.00 bits per heavy atom. The fraction of sp³-hybridized carbons (Fsp3) is 0.417. The van der Waals surface area contributed by atoms with Crippen LogP contribution in [0.1, 0.15) is 50.4 Å². The van der Waals surface area contributed by atoms with Crippen LogP contribution in [0.5, 0.6) is 5.88 Å². The maximum Gasteiger partial charge on any atom is 0.218 e. The van der Waals surface area contributed by atoms with Crippen molar-refractivity contribution < 1.29 is 14.2 Å². The summed E-state index contributed by atoms with van der Waals surface area (Å²) in [5.74, 6) is -0.168. The molecule has 0 aliphatic heterocycles. The van der Waals surface area contributed by atoms with Crippen molar-refractivity contribution >= 4 is 22.6 Å². The Labute approximate surface area is 186 Å². The van der Waals surface area contributed by atoms with Gasteiger partial charge >= 0.3 is 0 Å². The van der Waals surface area contributed by atoms with Crippen molar-refractivity contribution in [2.24, 2.45) is 5.41 Å². The molecule has 5 nitrogen and oxygen atoms in total. The predicted octanol–water partition coefficient (Wildman–Crippen LogP) is 5.07. The lowest BCUT2D eigenvalue weighted by molar-refractivity contribution is 0.139. The van der Waals surface area contributed by atoms with E-state index in [1.54, 1.807) is 31.3 Å². The van der Waals surface area contributed by atoms with E-state index in [-0.39, 0.29) is 34.9 Å². The Morgan fingerprint density at radius 1 is 1.29 bits per heavy atom. The zero-order valence-electron chi connectivity index (χ0n) is 18.5. The van der Waals surface area contributed by atoms with Gasteiger partial charge < -0.3 is 14.4 Å². The molecule has 1 aromatic carbocycles. The fourth-order valence-electron chi connectivity index (χ4n) is 3.73. The normalized spacial score (nSPS) is 12.9. The standard InChI is InChI=1S/C24H28ClFN2O3/c1-6-31-23-16(10-15-8-7-9-18(25)20(15)26)11-17-21(30)14(2)12-28(22(17)27-23)19(13-29)24(3,4)5/h7-9,11-12,19,29H,6,10,13H2,1-5H3/t19-/m1/s1. The zero-order valence-corrected chi connectivity index (χ0v) is 19.3. The summed E-state index contributed by atoms with van der Waals surface area (Å²) in [6, 6.07) is 6.24. The third kappa shape index (κ3) is 4.60. The highest BCUT2D eigenvalue weighted by Crippen LogP contribution is 2.33. The van der Waals surface area contributed by atoms with Gasteiger partial charge in [0.15, 0.2) is 5.43 Å². The van der Waals surface area contributed by atoms with Gasteiger partial charge in [0, 0.05) is 23.7 Å². The molecule has 1 N–H and O–H groups in total. The molecule has 0 saturated carbocycles. The molecule has 0 fully saturated rings. The number of halogens is 2. The first-order chi connectivity index (χ1) is 14.6. The van der Waals surface area contributed by atoms with Crippen molar-refractivity contribution in [2.75, 3.05) is 13.2 Å². The summed E-state index contributed by atoms with van der Waals surface area (Å²) in [5.41, 5.74) is 1.54. The maximum absolute atomic E-state index is 14.5. The zero-order chi connectivity index (χ0) is 22.9. The van der Waals surface area contributed by atoms with Gasteiger partial charge in [-0.25, -0.2) is 4.39 Å². The number of benzene rings is 1. The summed E-state index contributed by atoms with van der Waals surface area (Å²) in [6.45, 7) is 9.89. The van der Waals surface area contributed by atoms with Gasteiger partial charge in [-0.15, -0.1) is 0 Å². The summed E-state index contributed by atoms with van der Waals surface area (Å²) in [7, 11) is 0. The van der Waals surface area contributed by atoms with Crippen LogP contribution in [0.2, 0.25) is 5.02 Å². The molecule has 7 heteroatoms. The number of nitrogens with zero attached hydrogens (tertiary/aromatic N) is 2. The summed E-state index contributed by atoms with van der Waals surface area (Å²) in [5, 5.41) is 10.5. The minimum Gasteiger partial charge on any atom is -0.478 e. The van der Waals surface area contributed by atoms with Crippen molar-refractivity contribution in [1.29, 1.82) is 0 Å². The van der Waals surface area contributed by atoms with E-state index in [4.69, 9.17) is 16.3 Å². The topological polar surface area (TPSA) is 64.3 Å². The third-order valence-electron chi connectivity index (χ3n) is 5.42. The molecule has 0 spiro atoms. The first-order valence-electron chi connectivity index (χ1n) is 10.3. The molecular weight excluding hydrogens is 419 g/mol. The highest BCUT2D eigenvalue weighted by atomic mass is 35.5. The van der Waals surface area contributed by atoms with E-state index < -0.39 is 5.82 Å². The molecule has 3 aromatic rings. The monoisotopic (exact) mass is 446 g/mol. The molecular formula is C24H28ClFN2O3. The fourth-order valence-corrected chi connectivity index (χ4v) is 3.92. The Balaban J connectivity index is 2.29. The maximum atomic E-state index is 14.5. The van der Waals surface area contributed by atoms with Crippen molar-refractivity contribution in [3.05, 3.63) is 68.2 Å². The summed E-state index contributed by atoms with van der Waals surface area (Å²) in [6.07, 6.45) is 1.91. The number of hydrogen-bond donors (Lipinski definition) is 1. The number of aliphatic hydroxyl groups excluding tert-OH is 1. The van der Waals surface area contributed by atoms with E-state index >= 15 is 0 Å². The largest absolute Gasteiger partial charge is 0.478 e. The second-order valence-corrected chi connectivity index (χ2v) is 9.17. The summed E-state index contributed by atoms with van der Waals surface area (Å²) >= 11 is 5.94. The van der Waals surface area contributed by atoms with Crippen LogP contribution in [0.3, 0.4) is 0 Å². The molecule has 1 atom stereocenters. The van der Waals surface area contributed by atoms with Crippen LogP contribution < -0.4 is 10.2 Å². The van der Waals surface area contributed by atoms with E-state index in [0.717, 1.165) is 0 Å². The van der Waals surface area contributed by atoms with E-state index in [2.05, 4.69) is 4.98 Å². The quantitative estimate of drug-likeness (QED) is 0.574. The molecule has 0 bridgehead atoms. The van der Waals surface area contributed by atoms with E-state index in [0.29, 0.717) is 40.2 Å². The van der Waals surface area contributed by atoms with Crippen LogP contribution in [0.15, 0.2) is 35.3 Å². The van der Waals surface area contributed by atoms with Crippen LogP contribution in [0.4, 0.5) is 4.39 Å². The molecule has 0 aliphatic carbocycles. The second kappa shape index (κ2) is 8.97. The number of hydrogen-bond acceptors (Lipinski definition) is 4. The molecule has 2 heterocycles. The lowest BCUT2D eigenvalue weighted by Crippen LogP contribution is -2.30. The second-order valence-electron chi connectivity index (χ2n) is 8.76. The lowest BCUT2D eigenvalue weighted by Gasteiger charge is -2.32. The Hall–Kier alpha value is -2.44. The first-order valence-corrected chi connectivity index (χ1v) is 10.7. The van der Waals surface area contributed by atoms with Crippen molar-refractivity contribution in [3.63, 3.8) is 0 Å². The van der Waals surface area contributed by atoms with Gasteiger partial charge in [0.05, 0.1) is 29.7 Å². The van der Waals surface area contributed by atoms with E-state index in [1.807, 2.05) is 32.3 Å². The highest BCUT2D eigenvalue weighted by molar-refractivity contribution is 6.30. The van der Waals surface area contributed by atoms with Crippen molar-refractivity contribution in [2.45, 2.75) is 47.1 Å². The minimum atomic E-state index is -0.499. The smallest absolute Gasteiger partial charge is 0.218 e. The van der Waals surface area contributed by atoms with Gasteiger partial charge in [0.2, 0.25) is 5.88 Å². The van der Waals surface area contributed by atoms with Crippen LogP contribution >= 0.6 is 11.6 Å². The molecule has 0 amide bonds. The van der Waals surface area contributed by atoms with Gasteiger partial charge in [-0.3, -0.25) is 4.79 Å². The number of rotatable bonds is 6. The van der Waals surface area contributed by atoms with Crippen LogP contribution in [0, 0.1) is 18.2 Å². The molecule has 0 saturated heterocycles. The molecule has 0 aliphatic rings. The number of pyridine rings is 2. The first kappa shape index (κ1) is 23.2. The molecule has 0 unspecified atom stereocenters. The molecule has 166 valence electrons. The number of fused-ring (bicyclic) bond motifs is 1. The van der Waals surface area contributed by atoms with Crippen LogP contribution in [-0.2, 0) is 6.42 Å². The van der Waals surface area contributed by atoms with Gasteiger partial charge in [-0.1, -0.05) is 44.5 Å². The minimum absolute atomic E-state index is 0.0402. The average molecular weight is 447 g/mol. The summed E-state index contributed by atoms with van der Waals surface area (Å²) in [4.78, 5) is 17.7. The molecule has 0 radical (unpaired) electrons. The number of aromatic nitrogens is 2. The Morgan fingerprint density at radius 3 is 2.61 bits per heavy atom. The van der Waals surface area contributed by atoms with Crippen LogP contribution in [0.25, 0.3) is 11.0 Å². The van der Waals surface area contributed by atoms with Crippen molar-refractivity contribution in [1.82, 2.24) is 9.55 Å². The highest BCUT2D eigenvalue weighted by Gasteiger charge is 2.28. The Bertz CT molecular complexity index is 1170. The van der Waals surface area contributed by atoms with Gasteiger partial charge in [0.25, 0.3) is 0 Å². The van der Waals surface area contributed by atoms with Gasteiger partial charge in [-0.2, -0.15) is 4.98 Å². The lowest BCUT2D eigenvalue weighted by atomic mass is 9.86. The number of aryl methyl sites for hydroxylation is 1. The number of ether oxygens (including phenoxy) is 1.